The largest absolute Gasteiger partial charge is 0.493 e. The van der Waals surface area contributed by atoms with Crippen molar-refractivity contribution in [3.05, 3.63) is 58.2 Å². The normalized spacial score (nSPS) is 16.1. The molecule has 1 aliphatic heterocycles. The van der Waals surface area contributed by atoms with Crippen molar-refractivity contribution in [3.8, 4) is 17.2 Å². The van der Waals surface area contributed by atoms with E-state index in [-0.39, 0.29) is 11.0 Å². The standard InChI is InChI=1S/C24H25BrClN3O5S2/c1-29-9-8-16(14-29)34-22-10-15(4-6-20(22)26)28-36(30,31)18-12-19(25)24(27-13-18)35-17-5-7-21(32-2)23(11-17)33-3/h4-7,10-13,16,28H,8-9,14H2,1-3H3/t16-/m1/s1. The number of nitrogens with zero attached hydrogens (tertiary/aromatic N) is 2. The molecule has 3 aromatic rings. The number of sulfonamides is 1. The molecule has 0 bridgehead atoms. The maximum Gasteiger partial charge on any atom is 0.263 e. The maximum atomic E-state index is 13.1. The Morgan fingerprint density at radius 2 is 1.89 bits per heavy atom. The van der Waals surface area contributed by atoms with E-state index in [9.17, 15) is 8.42 Å². The minimum atomic E-state index is -3.91. The van der Waals surface area contributed by atoms with Crippen LogP contribution in [0.5, 0.6) is 17.2 Å². The van der Waals surface area contributed by atoms with Crippen molar-refractivity contribution >= 4 is 55.0 Å². The molecule has 1 saturated heterocycles. The molecular weight excluding hydrogens is 590 g/mol. The van der Waals surface area contributed by atoms with E-state index in [1.807, 2.05) is 19.2 Å². The first-order valence-corrected chi connectivity index (χ1v) is 14.4. The Labute approximate surface area is 228 Å². The van der Waals surface area contributed by atoms with Crippen LogP contribution in [-0.4, -0.2) is 58.8 Å². The molecule has 36 heavy (non-hydrogen) atoms. The van der Waals surface area contributed by atoms with E-state index in [2.05, 4.69) is 30.5 Å². The average molecular weight is 615 g/mol. The van der Waals surface area contributed by atoms with Crippen molar-refractivity contribution in [2.24, 2.45) is 0 Å². The van der Waals surface area contributed by atoms with Gasteiger partial charge in [0.25, 0.3) is 10.0 Å². The van der Waals surface area contributed by atoms with Crippen LogP contribution in [0.4, 0.5) is 5.69 Å². The molecule has 2 heterocycles. The van der Waals surface area contributed by atoms with Crippen LogP contribution in [0.1, 0.15) is 6.42 Å². The molecule has 0 spiro atoms. The number of rotatable bonds is 9. The lowest BCUT2D eigenvalue weighted by molar-refractivity contribution is 0.208. The summed E-state index contributed by atoms with van der Waals surface area (Å²) in [6.07, 6.45) is 2.21. The minimum Gasteiger partial charge on any atom is -0.493 e. The fraction of sp³-hybridized carbons (Fsp3) is 0.292. The van der Waals surface area contributed by atoms with Crippen LogP contribution in [0, 0.1) is 0 Å². The highest BCUT2D eigenvalue weighted by Gasteiger charge is 2.23. The Balaban J connectivity index is 1.50. The van der Waals surface area contributed by atoms with Gasteiger partial charge in [-0.15, -0.1) is 0 Å². The van der Waals surface area contributed by atoms with E-state index in [4.69, 9.17) is 25.8 Å². The number of likely N-dealkylation sites (tertiary alicyclic amines) is 1. The number of hydrogen-bond acceptors (Lipinski definition) is 8. The summed E-state index contributed by atoms with van der Waals surface area (Å²) in [6.45, 7) is 1.73. The van der Waals surface area contributed by atoms with Crippen molar-refractivity contribution < 1.29 is 22.6 Å². The highest BCUT2D eigenvalue weighted by atomic mass is 79.9. The van der Waals surface area contributed by atoms with Gasteiger partial charge >= 0.3 is 0 Å². The molecule has 4 rings (SSSR count). The summed E-state index contributed by atoms with van der Waals surface area (Å²) >= 11 is 11.1. The molecule has 2 aromatic carbocycles. The van der Waals surface area contributed by atoms with Crippen molar-refractivity contribution in [1.29, 1.82) is 0 Å². The van der Waals surface area contributed by atoms with Gasteiger partial charge in [-0.2, -0.15) is 0 Å². The van der Waals surface area contributed by atoms with Gasteiger partial charge in [0.15, 0.2) is 11.5 Å². The van der Waals surface area contributed by atoms with Crippen molar-refractivity contribution in [2.45, 2.75) is 27.3 Å². The quantitative estimate of drug-likeness (QED) is 0.336. The van der Waals surface area contributed by atoms with Crippen molar-refractivity contribution in [1.82, 2.24) is 9.88 Å². The number of benzene rings is 2. The number of aromatic nitrogens is 1. The van der Waals surface area contributed by atoms with Gasteiger partial charge in [-0.25, -0.2) is 13.4 Å². The van der Waals surface area contributed by atoms with E-state index >= 15 is 0 Å². The molecule has 1 fully saturated rings. The van der Waals surface area contributed by atoms with Crippen molar-refractivity contribution in [3.63, 3.8) is 0 Å². The fourth-order valence-electron chi connectivity index (χ4n) is 3.66. The Hall–Kier alpha value is -2.18. The Morgan fingerprint density at radius 1 is 1.11 bits per heavy atom. The molecule has 12 heteroatoms. The van der Waals surface area contributed by atoms with Gasteiger partial charge in [0.2, 0.25) is 0 Å². The van der Waals surface area contributed by atoms with Gasteiger partial charge in [-0.3, -0.25) is 4.72 Å². The molecule has 0 unspecified atom stereocenters. The zero-order valence-electron chi connectivity index (χ0n) is 19.8. The summed E-state index contributed by atoms with van der Waals surface area (Å²) in [5.74, 6) is 1.65. The smallest absolute Gasteiger partial charge is 0.263 e. The number of hydrogen-bond donors (Lipinski definition) is 1. The molecule has 0 radical (unpaired) electrons. The molecule has 1 aliphatic rings. The minimum absolute atomic E-state index is 0.00947. The zero-order chi connectivity index (χ0) is 25.9. The van der Waals surface area contributed by atoms with Gasteiger partial charge in [-0.1, -0.05) is 23.4 Å². The third-order valence-corrected chi connectivity index (χ3v) is 9.02. The molecule has 8 nitrogen and oxygen atoms in total. The molecular formula is C24H25BrClN3O5S2. The van der Waals surface area contributed by atoms with E-state index in [1.165, 1.54) is 24.0 Å². The third-order valence-electron chi connectivity index (χ3n) is 5.49. The number of halogens is 2. The molecule has 1 N–H and O–H groups in total. The van der Waals surface area contributed by atoms with Gasteiger partial charge in [-0.05, 0) is 65.8 Å². The van der Waals surface area contributed by atoms with Crippen LogP contribution in [0.2, 0.25) is 5.02 Å². The molecule has 1 aromatic heterocycles. The summed E-state index contributed by atoms with van der Waals surface area (Å²) in [5.41, 5.74) is 0.348. The van der Waals surface area contributed by atoms with Crippen molar-refractivity contribution in [2.75, 3.05) is 39.1 Å². The Bertz CT molecular complexity index is 1360. The number of anilines is 1. The number of likely N-dealkylation sites (N-methyl/N-ethyl adjacent to an activating group) is 1. The van der Waals surface area contributed by atoms with Crippen LogP contribution in [-0.2, 0) is 10.0 Å². The first-order valence-electron chi connectivity index (χ1n) is 10.9. The average Bonchev–Trinajstić information content (AvgIpc) is 3.26. The lowest BCUT2D eigenvalue weighted by Crippen LogP contribution is -2.21. The van der Waals surface area contributed by atoms with Gasteiger partial charge in [0, 0.05) is 30.2 Å². The van der Waals surface area contributed by atoms with Crippen LogP contribution in [0.15, 0.2) is 68.0 Å². The topological polar surface area (TPSA) is 90.0 Å². The van der Waals surface area contributed by atoms with Gasteiger partial charge < -0.3 is 19.1 Å². The van der Waals surface area contributed by atoms with Gasteiger partial charge in [0.05, 0.1) is 29.4 Å². The van der Waals surface area contributed by atoms with E-state index in [1.54, 1.807) is 38.5 Å². The Morgan fingerprint density at radius 3 is 2.56 bits per heavy atom. The van der Waals surface area contributed by atoms with Gasteiger partial charge in [0.1, 0.15) is 21.8 Å². The second kappa shape index (κ2) is 11.5. The Kier molecular flexibility index (Phi) is 8.56. The summed E-state index contributed by atoms with van der Waals surface area (Å²) in [6, 6.07) is 11.8. The monoisotopic (exact) mass is 613 g/mol. The number of pyridine rings is 1. The summed E-state index contributed by atoms with van der Waals surface area (Å²) in [7, 11) is 1.26. The summed E-state index contributed by atoms with van der Waals surface area (Å²) in [5, 5.41) is 1.03. The SMILES string of the molecule is COc1ccc(Sc2ncc(S(=O)(=O)Nc3ccc(Cl)c(O[C@@H]4CCN(C)C4)c3)cc2Br)cc1OC. The molecule has 0 saturated carbocycles. The summed E-state index contributed by atoms with van der Waals surface area (Å²) < 4.78 is 45.9. The number of ether oxygens (including phenoxy) is 3. The van der Waals surface area contributed by atoms with Crippen LogP contribution < -0.4 is 18.9 Å². The lowest BCUT2D eigenvalue weighted by atomic mass is 10.3. The third kappa shape index (κ3) is 6.38. The molecule has 192 valence electrons. The first-order chi connectivity index (χ1) is 17.2. The highest BCUT2D eigenvalue weighted by molar-refractivity contribution is 9.10. The van der Waals surface area contributed by atoms with Crippen LogP contribution >= 0.6 is 39.3 Å². The zero-order valence-corrected chi connectivity index (χ0v) is 23.8. The number of nitrogens with one attached hydrogen (secondary N) is 1. The maximum absolute atomic E-state index is 13.1. The number of methoxy groups -OCH3 is 2. The lowest BCUT2D eigenvalue weighted by Gasteiger charge is -2.16. The second-order valence-corrected chi connectivity index (χ2v) is 12.1. The van der Waals surface area contributed by atoms with Crippen LogP contribution in [0.3, 0.4) is 0 Å². The van der Waals surface area contributed by atoms with Crippen LogP contribution in [0.25, 0.3) is 0 Å². The van der Waals surface area contributed by atoms with E-state index in [0.717, 1.165) is 24.4 Å². The molecule has 1 atom stereocenters. The predicted molar refractivity (Wildman–Crippen MR) is 144 cm³/mol. The fourth-order valence-corrected chi connectivity index (χ4v) is 6.38. The first kappa shape index (κ1) is 26.9. The highest BCUT2D eigenvalue weighted by Crippen LogP contribution is 2.38. The second-order valence-electron chi connectivity index (χ2n) is 8.12. The molecule has 0 aliphatic carbocycles. The van der Waals surface area contributed by atoms with E-state index < -0.39 is 10.0 Å². The summed E-state index contributed by atoms with van der Waals surface area (Å²) in [4.78, 5) is 7.40. The predicted octanol–water partition coefficient (Wildman–Crippen LogP) is 5.55. The van der Waals surface area contributed by atoms with E-state index in [0.29, 0.717) is 37.5 Å². The molecule has 0 amide bonds.